The van der Waals surface area contributed by atoms with Crippen molar-refractivity contribution in [3.05, 3.63) is 24.1 Å². The van der Waals surface area contributed by atoms with E-state index in [1.54, 1.807) is 6.08 Å². The minimum Gasteiger partial charge on any atom is -0.396 e. The number of aliphatic hydroxyl groups is 1. The van der Waals surface area contributed by atoms with Gasteiger partial charge in [0.25, 0.3) is 0 Å². The fourth-order valence-corrected chi connectivity index (χ4v) is 1.87. The first kappa shape index (κ1) is 9.83. The monoisotopic (exact) mass is 198 g/mol. The lowest BCUT2D eigenvalue weighted by Crippen LogP contribution is -2.39. The number of hydrogen-bond donors (Lipinski definition) is 2. The molecule has 1 fully saturated rings. The van der Waals surface area contributed by atoms with E-state index in [0.717, 1.165) is 19.5 Å². The maximum absolute atomic E-state index is 12.9. The van der Waals surface area contributed by atoms with E-state index in [1.807, 2.05) is 11.1 Å². The number of hydrogen-bond acceptors (Lipinski definition) is 3. The summed E-state index contributed by atoms with van der Waals surface area (Å²) < 4.78 is 12.9. The van der Waals surface area contributed by atoms with Gasteiger partial charge in [0.1, 0.15) is 5.83 Å². The first-order chi connectivity index (χ1) is 6.79. The molecule has 1 aliphatic heterocycles. The Morgan fingerprint density at radius 2 is 2.50 bits per heavy atom. The van der Waals surface area contributed by atoms with E-state index in [4.69, 9.17) is 5.11 Å². The van der Waals surface area contributed by atoms with E-state index in [0.29, 0.717) is 0 Å². The van der Waals surface area contributed by atoms with E-state index < -0.39 is 0 Å². The molecule has 0 aromatic heterocycles. The van der Waals surface area contributed by atoms with Crippen molar-refractivity contribution in [3.8, 4) is 0 Å². The minimum atomic E-state index is -0.171. The molecular formula is C10H15FN2O. The first-order valence-electron chi connectivity index (χ1n) is 4.94. The molecule has 2 atom stereocenters. The molecule has 0 spiro atoms. The summed E-state index contributed by atoms with van der Waals surface area (Å²) in [4.78, 5) is 0. The summed E-state index contributed by atoms with van der Waals surface area (Å²) in [5.74, 6) is 0.105. The highest BCUT2D eigenvalue weighted by Crippen LogP contribution is 2.19. The Morgan fingerprint density at radius 1 is 1.64 bits per heavy atom. The highest BCUT2D eigenvalue weighted by molar-refractivity contribution is 5.20. The van der Waals surface area contributed by atoms with Crippen molar-refractivity contribution >= 4 is 0 Å². The third-order valence-electron chi connectivity index (χ3n) is 2.70. The van der Waals surface area contributed by atoms with Crippen LogP contribution in [-0.2, 0) is 0 Å². The van der Waals surface area contributed by atoms with Crippen molar-refractivity contribution in [1.82, 2.24) is 10.4 Å². The predicted octanol–water partition coefficient (Wildman–Crippen LogP) is 0.597. The van der Waals surface area contributed by atoms with Gasteiger partial charge in [-0.1, -0.05) is 6.08 Å². The number of nitrogens with one attached hydrogen (secondary N) is 1. The van der Waals surface area contributed by atoms with Gasteiger partial charge in [-0.2, -0.15) is 0 Å². The first-order valence-corrected chi connectivity index (χ1v) is 4.94. The summed E-state index contributed by atoms with van der Waals surface area (Å²) in [6.07, 6.45) is 5.79. The Balaban J connectivity index is 1.94. The summed E-state index contributed by atoms with van der Waals surface area (Å²) in [6, 6.07) is 0.0940. The van der Waals surface area contributed by atoms with Crippen molar-refractivity contribution in [2.75, 3.05) is 19.7 Å². The van der Waals surface area contributed by atoms with E-state index in [-0.39, 0.29) is 24.4 Å². The van der Waals surface area contributed by atoms with Crippen LogP contribution in [0.1, 0.15) is 6.42 Å². The lowest BCUT2D eigenvalue weighted by Gasteiger charge is -2.25. The van der Waals surface area contributed by atoms with Gasteiger partial charge < -0.3 is 5.11 Å². The lowest BCUT2D eigenvalue weighted by atomic mass is 10.1. The summed E-state index contributed by atoms with van der Waals surface area (Å²) in [6.45, 7) is 1.77. The van der Waals surface area contributed by atoms with Crippen LogP contribution in [-0.4, -0.2) is 35.9 Å². The van der Waals surface area contributed by atoms with Crippen LogP contribution in [0, 0.1) is 5.92 Å². The molecule has 2 N–H and O–H groups in total. The van der Waals surface area contributed by atoms with E-state index in [1.165, 1.54) is 6.08 Å². The molecule has 78 valence electrons. The molecule has 0 amide bonds. The number of allylic oxidation sites excluding steroid dienone is 2. The second-order valence-electron chi connectivity index (χ2n) is 3.82. The second kappa shape index (κ2) is 4.21. The molecule has 0 aromatic rings. The quantitative estimate of drug-likeness (QED) is 0.682. The molecule has 3 nitrogen and oxygen atoms in total. The lowest BCUT2D eigenvalue weighted by molar-refractivity contribution is 0.185. The van der Waals surface area contributed by atoms with Gasteiger partial charge in [0.05, 0.1) is 0 Å². The molecule has 1 aliphatic carbocycles. The van der Waals surface area contributed by atoms with Crippen molar-refractivity contribution < 1.29 is 9.50 Å². The van der Waals surface area contributed by atoms with Crippen LogP contribution in [0.5, 0.6) is 0 Å². The Bertz CT molecular complexity index is 265. The molecule has 1 heterocycles. The van der Waals surface area contributed by atoms with Gasteiger partial charge in [-0.25, -0.2) is 9.40 Å². The number of hydrazine groups is 1. The Morgan fingerprint density at radius 3 is 3.14 bits per heavy atom. The van der Waals surface area contributed by atoms with Gasteiger partial charge in [0, 0.05) is 31.7 Å². The zero-order chi connectivity index (χ0) is 9.97. The summed E-state index contributed by atoms with van der Waals surface area (Å²) in [7, 11) is 0. The molecule has 2 aliphatic rings. The molecule has 1 saturated heterocycles. The van der Waals surface area contributed by atoms with Crippen LogP contribution in [0.2, 0.25) is 0 Å². The Labute approximate surface area is 82.9 Å². The van der Waals surface area contributed by atoms with Crippen molar-refractivity contribution in [2.45, 2.75) is 12.5 Å². The second-order valence-corrected chi connectivity index (χ2v) is 3.82. The van der Waals surface area contributed by atoms with Gasteiger partial charge >= 0.3 is 0 Å². The standard InChI is InChI=1S/C10H15FN2O/c11-9-2-1-3-10(4-9)13-6-8(7-14)5-12-13/h1-2,4,8,10,12,14H,3,5-7H2. The van der Waals surface area contributed by atoms with Gasteiger partial charge in [0.15, 0.2) is 0 Å². The Kier molecular flexibility index (Phi) is 2.96. The zero-order valence-corrected chi connectivity index (χ0v) is 7.99. The van der Waals surface area contributed by atoms with Crippen LogP contribution in [0.15, 0.2) is 24.1 Å². The molecule has 14 heavy (non-hydrogen) atoms. The summed E-state index contributed by atoms with van der Waals surface area (Å²) in [5.41, 5.74) is 3.18. The normalized spacial score (nSPS) is 33.4. The molecule has 0 radical (unpaired) electrons. The fourth-order valence-electron chi connectivity index (χ4n) is 1.87. The molecule has 2 rings (SSSR count). The Hall–Kier alpha value is -0.710. The van der Waals surface area contributed by atoms with Crippen LogP contribution < -0.4 is 5.43 Å². The minimum absolute atomic E-state index is 0.0940. The number of rotatable bonds is 2. The number of halogens is 1. The van der Waals surface area contributed by atoms with Gasteiger partial charge in [-0.3, -0.25) is 5.43 Å². The van der Waals surface area contributed by atoms with Gasteiger partial charge in [-0.05, 0) is 18.6 Å². The average molecular weight is 198 g/mol. The van der Waals surface area contributed by atoms with Crippen LogP contribution >= 0.6 is 0 Å². The number of nitrogens with zero attached hydrogens (tertiary/aromatic N) is 1. The zero-order valence-electron chi connectivity index (χ0n) is 7.99. The van der Waals surface area contributed by atoms with E-state index in [9.17, 15) is 4.39 Å². The maximum atomic E-state index is 12.9. The predicted molar refractivity (Wildman–Crippen MR) is 52.0 cm³/mol. The van der Waals surface area contributed by atoms with Gasteiger partial charge in [0.2, 0.25) is 0 Å². The summed E-state index contributed by atoms with van der Waals surface area (Å²) in [5, 5.41) is 11.0. The van der Waals surface area contributed by atoms with Crippen LogP contribution in [0.4, 0.5) is 4.39 Å². The number of aliphatic hydroxyl groups excluding tert-OH is 1. The van der Waals surface area contributed by atoms with Crippen molar-refractivity contribution in [3.63, 3.8) is 0 Å². The highest BCUT2D eigenvalue weighted by atomic mass is 19.1. The fraction of sp³-hybridized carbons (Fsp3) is 0.600. The average Bonchev–Trinajstić information content (AvgIpc) is 2.66. The molecule has 0 saturated carbocycles. The molecule has 4 heteroatoms. The third kappa shape index (κ3) is 2.03. The molecular weight excluding hydrogens is 183 g/mol. The van der Waals surface area contributed by atoms with Crippen molar-refractivity contribution in [2.24, 2.45) is 5.92 Å². The smallest absolute Gasteiger partial charge is 0.120 e. The topological polar surface area (TPSA) is 35.5 Å². The summed E-state index contributed by atoms with van der Waals surface area (Å²) >= 11 is 0. The van der Waals surface area contributed by atoms with E-state index in [2.05, 4.69) is 5.43 Å². The maximum Gasteiger partial charge on any atom is 0.120 e. The third-order valence-corrected chi connectivity index (χ3v) is 2.70. The van der Waals surface area contributed by atoms with Crippen molar-refractivity contribution in [1.29, 1.82) is 0 Å². The highest BCUT2D eigenvalue weighted by Gasteiger charge is 2.26. The largest absolute Gasteiger partial charge is 0.396 e. The molecule has 0 bridgehead atoms. The van der Waals surface area contributed by atoms with E-state index >= 15 is 0 Å². The van der Waals surface area contributed by atoms with Crippen LogP contribution in [0.25, 0.3) is 0 Å². The molecule has 2 unspecified atom stereocenters. The SMILES string of the molecule is OCC1CNN(C2C=C(F)C=CC2)C1. The van der Waals surface area contributed by atoms with Crippen LogP contribution in [0.3, 0.4) is 0 Å². The molecule has 0 aromatic carbocycles. The van der Waals surface area contributed by atoms with Gasteiger partial charge in [-0.15, -0.1) is 0 Å².